The van der Waals surface area contributed by atoms with Crippen LogP contribution in [0.1, 0.15) is 75.3 Å². The number of hydrogen-bond acceptors (Lipinski definition) is 4. The van der Waals surface area contributed by atoms with Crippen LogP contribution in [0, 0.1) is 0 Å². The third-order valence-corrected chi connectivity index (χ3v) is 6.54. The lowest BCUT2D eigenvalue weighted by Crippen LogP contribution is -2.33. The maximum absolute atomic E-state index is 10.8. The highest BCUT2D eigenvalue weighted by atomic mass is 31.2. The van der Waals surface area contributed by atoms with Gasteiger partial charge in [-0.2, -0.15) is 0 Å². The van der Waals surface area contributed by atoms with Crippen LogP contribution in [0.15, 0.2) is 42.5 Å². The topological polar surface area (TPSA) is 153 Å². The maximum atomic E-state index is 10.8. The number of hydrogen-bond donors (Lipinski definition) is 4. The van der Waals surface area contributed by atoms with E-state index in [9.17, 15) is 4.57 Å². The van der Waals surface area contributed by atoms with Crippen LogP contribution in [0.2, 0.25) is 0 Å². The molecule has 2 amide bonds. The molecule has 2 aromatic carbocycles. The summed E-state index contributed by atoms with van der Waals surface area (Å²) in [6.45, 7) is 11.4. The van der Waals surface area contributed by atoms with Crippen molar-refractivity contribution in [1.29, 1.82) is 0 Å². The first-order valence-electron chi connectivity index (χ1n) is 11.1. The van der Waals surface area contributed by atoms with Gasteiger partial charge in [-0.1, -0.05) is 76.2 Å². The standard InChI is InChI=1S/C24H31O4P.2CH3NO/c1-17(14-18-6-8-19(9-7-18)16-28-29(25,26)27)20-10-11-21-22(15-20)24(4,5)13-12-23(21,2)3;2*2-1-3/h6-11,14-15H,12-13,16H2,1-5H3,(H2,25,26,27);2*1H,(H2,2,3). The molecule has 0 radical (unpaired) electrons. The fourth-order valence-corrected chi connectivity index (χ4v) is 4.35. The molecule has 0 aliphatic heterocycles. The van der Waals surface area contributed by atoms with E-state index in [0.29, 0.717) is 0 Å². The van der Waals surface area contributed by atoms with E-state index >= 15 is 0 Å². The first-order chi connectivity index (χ1) is 16.2. The number of carbonyl (C=O) groups excluding carboxylic acids is 2. The maximum Gasteiger partial charge on any atom is 0.469 e. The first kappa shape index (κ1) is 30.3. The van der Waals surface area contributed by atoms with Gasteiger partial charge in [0.15, 0.2) is 0 Å². The largest absolute Gasteiger partial charge is 0.469 e. The van der Waals surface area contributed by atoms with Gasteiger partial charge in [0.05, 0.1) is 6.61 Å². The van der Waals surface area contributed by atoms with Crippen LogP contribution in [0.25, 0.3) is 11.6 Å². The summed E-state index contributed by atoms with van der Waals surface area (Å²) >= 11 is 0. The van der Waals surface area contributed by atoms with Crippen molar-refractivity contribution >= 4 is 32.3 Å². The lowest BCUT2D eigenvalue weighted by Gasteiger charge is -2.42. The van der Waals surface area contributed by atoms with Gasteiger partial charge >= 0.3 is 7.82 Å². The fourth-order valence-electron chi connectivity index (χ4n) is 4.04. The summed E-state index contributed by atoms with van der Waals surface area (Å²) in [6, 6.07) is 14.4. The monoisotopic (exact) mass is 504 g/mol. The number of amides is 2. The predicted octanol–water partition coefficient (Wildman–Crippen LogP) is 4.41. The van der Waals surface area contributed by atoms with Crippen molar-refractivity contribution < 1.29 is 28.5 Å². The Morgan fingerprint density at radius 3 is 1.91 bits per heavy atom. The molecule has 8 nitrogen and oxygen atoms in total. The summed E-state index contributed by atoms with van der Waals surface area (Å²) in [7, 11) is -4.45. The quantitative estimate of drug-likeness (QED) is 0.269. The Labute approximate surface area is 207 Å². The molecule has 2 aromatic rings. The smallest absolute Gasteiger partial charge is 0.372 e. The van der Waals surface area contributed by atoms with Gasteiger partial charge in [-0.15, -0.1) is 0 Å². The molecule has 0 saturated heterocycles. The van der Waals surface area contributed by atoms with Gasteiger partial charge in [-0.05, 0) is 64.0 Å². The molecule has 0 atom stereocenters. The molecule has 35 heavy (non-hydrogen) atoms. The summed E-state index contributed by atoms with van der Waals surface area (Å²) in [5.74, 6) is 0. The number of allylic oxidation sites excluding steroid dienone is 1. The molecular weight excluding hydrogens is 467 g/mol. The zero-order chi connectivity index (χ0) is 26.9. The number of phosphoric ester groups is 1. The molecule has 0 aromatic heterocycles. The highest BCUT2D eigenvalue weighted by Crippen LogP contribution is 2.46. The number of fused-ring (bicyclic) bond motifs is 1. The van der Waals surface area contributed by atoms with E-state index in [1.165, 1.54) is 35.1 Å². The van der Waals surface area contributed by atoms with E-state index in [0.717, 1.165) is 11.1 Å². The van der Waals surface area contributed by atoms with Crippen LogP contribution in [0.4, 0.5) is 0 Å². The van der Waals surface area contributed by atoms with Crippen LogP contribution in [-0.2, 0) is 36.1 Å². The predicted molar refractivity (Wildman–Crippen MR) is 139 cm³/mol. The van der Waals surface area contributed by atoms with Gasteiger partial charge in [0.1, 0.15) is 0 Å². The molecule has 0 heterocycles. The van der Waals surface area contributed by atoms with Gasteiger partial charge in [0.25, 0.3) is 0 Å². The lowest BCUT2D eigenvalue weighted by molar-refractivity contribution is -0.107. The van der Waals surface area contributed by atoms with Crippen molar-refractivity contribution in [2.24, 2.45) is 11.5 Å². The average molecular weight is 505 g/mol. The minimum atomic E-state index is -4.45. The van der Waals surface area contributed by atoms with E-state index in [1.54, 1.807) is 0 Å². The van der Waals surface area contributed by atoms with Gasteiger partial charge in [-0.25, -0.2) is 4.57 Å². The van der Waals surface area contributed by atoms with Gasteiger partial charge in [0.2, 0.25) is 12.8 Å². The molecular formula is C26H37N2O6P. The second kappa shape index (κ2) is 12.8. The second-order valence-electron chi connectivity index (χ2n) is 9.63. The number of nitrogens with two attached hydrogens (primary N) is 2. The van der Waals surface area contributed by atoms with E-state index in [2.05, 4.69) is 74.9 Å². The second-order valence-corrected chi connectivity index (χ2v) is 10.9. The van der Waals surface area contributed by atoms with E-state index in [1.807, 2.05) is 24.3 Å². The molecule has 1 aliphatic rings. The first-order valence-corrected chi connectivity index (χ1v) is 12.7. The lowest BCUT2D eigenvalue weighted by atomic mass is 9.63. The molecule has 6 N–H and O–H groups in total. The Balaban J connectivity index is 0.000000926. The van der Waals surface area contributed by atoms with Crippen molar-refractivity contribution in [3.8, 4) is 0 Å². The molecule has 3 rings (SSSR count). The summed E-state index contributed by atoms with van der Waals surface area (Å²) < 4.78 is 15.4. The average Bonchev–Trinajstić information content (AvgIpc) is 2.77. The van der Waals surface area contributed by atoms with Crippen LogP contribution in [0.5, 0.6) is 0 Å². The fraction of sp³-hybridized carbons (Fsp3) is 0.385. The zero-order valence-electron chi connectivity index (χ0n) is 21.0. The summed E-state index contributed by atoms with van der Waals surface area (Å²) in [6.07, 6.45) is 5.03. The Bertz CT molecular complexity index is 1070. The summed E-state index contributed by atoms with van der Waals surface area (Å²) in [4.78, 5) is 34.8. The van der Waals surface area contributed by atoms with Crippen molar-refractivity contribution in [3.63, 3.8) is 0 Å². The normalized spacial score (nSPS) is 15.9. The Morgan fingerprint density at radius 1 is 0.943 bits per heavy atom. The molecule has 192 valence electrons. The third kappa shape index (κ3) is 9.42. The van der Waals surface area contributed by atoms with Gasteiger partial charge < -0.3 is 21.3 Å². The van der Waals surface area contributed by atoms with Crippen molar-refractivity contribution in [3.05, 3.63) is 70.3 Å². The highest BCUT2D eigenvalue weighted by molar-refractivity contribution is 7.46. The molecule has 0 bridgehead atoms. The number of carbonyl (C=O) groups is 2. The number of phosphoric acid groups is 1. The Morgan fingerprint density at radius 2 is 1.43 bits per heavy atom. The minimum Gasteiger partial charge on any atom is -0.372 e. The number of benzene rings is 2. The van der Waals surface area contributed by atoms with Crippen LogP contribution in [0.3, 0.4) is 0 Å². The summed E-state index contributed by atoms with van der Waals surface area (Å²) in [5.41, 5.74) is 15.8. The van der Waals surface area contributed by atoms with E-state index in [-0.39, 0.29) is 30.3 Å². The minimum absolute atomic E-state index is 0.108. The summed E-state index contributed by atoms with van der Waals surface area (Å²) in [5, 5.41) is 0. The Kier molecular flexibility index (Phi) is 11.1. The van der Waals surface area contributed by atoms with E-state index < -0.39 is 7.82 Å². The molecule has 9 heteroatoms. The van der Waals surface area contributed by atoms with Crippen molar-refractivity contribution in [1.82, 2.24) is 0 Å². The van der Waals surface area contributed by atoms with Crippen molar-refractivity contribution in [2.75, 3.05) is 0 Å². The van der Waals surface area contributed by atoms with Crippen molar-refractivity contribution in [2.45, 2.75) is 64.9 Å². The molecule has 0 fully saturated rings. The van der Waals surface area contributed by atoms with Crippen LogP contribution < -0.4 is 11.5 Å². The highest BCUT2D eigenvalue weighted by Gasteiger charge is 2.36. The van der Waals surface area contributed by atoms with Crippen LogP contribution in [-0.4, -0.2) is 22.6 Å². The SMILES string of the molecule is CC(=Cc1ccc(COP(=O)(O)O)cc1)c1ccc2c(c1)C(C)(C)CCC2(C)C.NC=O.NC=O. The van der Waals surface area contributed by atoms with Crippen LogP contribution >= 0.6 is 7.82 Å². The van der Waals surface area contributed by atoms with Gasteiger partial charge in [-0.3, -0.25) is 14.1 Å². The number of rotatable bonds is 5. The third-order valence-electron chi connectivity index (χ3n) is 6.07. The van der Waals surface area contributed by atoms with Gasteiger partial charge in [0, 0.05) is 0 Å². The zero-order valence-corrected chi connectivity index (χ0v) is 21.9. The molecule has 0 saturated carbocycles. The molecule has 0 unspecified atom stereocenters. The Hall–Kier alpha value is -2.77. The molecule has 0 spiro atoms. The van der Waals surface area contributed by atoms with E-state index in [4.69, 9.17) is 19.4 Å². The number of primary amides is 2. The molecule has 1 aliphatic carbocycles.